The Morgan fingerprint density at radius 2 is 1.94 bits per heavy atom. The second kappa shape index (κ2) is 8.27. The molecule has 3 aromatic rings. The van der Waals surface area contributed by atoms with Gasteiger partial charge in [-0.2, -0.15) is 0 Å². The number of fused-ring (bicyclic) bond motifs is 3. The van der Waals surface area contributed by atoms with Gasteiger partial charge in [-0.3, -0.25) is 19.3 Å². The largest absolute Gasteiger partial charge is 0.361 e. The number of benzene rings is 1. The van der Waals surface area contributed by atoms with Gasteiger partial charge in [-0.25, -0.2) is 0 Å². The Morgan fingerprint density at radius 1 is 1.10 bits per heavy atom. The molecule has 160 valence electrons. The minimum absolute atomic E-state index is 0.0973. The maximum atomic E-state index is 13.7. The number of aryl methyl sites for hydroxylation is 2. The first-order chi connectivity index (χ1) is 15.1. The Kier molecular flexibility index (Phi) is 5.32. The van der Waals surface area contributed by atoms with Crippen molar-refractivity contribution >= 4 is 6.08 Å². The van der Waals surface area contributed by atoms with Crippen LogP contribution in [0.2, 0.25) is 0 Å². The first-order valence-corrected chi connectivity index (χ1v) is 11.1. The standard InChI is InChI=1S/C25H28N4O2/c1-17-22(18(2)31-27-17)15-28-13-11-20-21-10-6-7-12-26-24(21)29(25(30)23(20)16-28)14-19-8-4-3-5-9-19/h3-5,8-10H,6-7,11-16H2,1-2H3. The van der Waals surface area contributed by atoms with Crippen LogP contribution in [-0.4, -0.2) is 27.7 Å². The lowest BCUT2D eigenvalue weighted by molar-refractivity contribution is 0.240. The fraction of sp³-hybridized carbons (Fsp3) is 0.400. The van der Waals surface area contributed by atoms with Gasteiger partial charge in [0, 0.05) is 42.5 Å². The number of nitrogens with zero attached hydrogens (tertiary/aromatic N) is 4. The topological polar surface area (TPSA) is 63.6 Å². The molecule has 0 N–H and O–H groups in total. The van der Waals surface area contributed by atoms with E-state index in [0.29, 0.717) is 13.1 Å². The normalized spacial score (nSPS) is 16.1. The van der Waals surface area contributed by atoms with E-state index in [1.807, 2.05) is 36.6 Å². The minimum atomic E-state index is 0.0973. The van der Waals surface area contributed by atoms with Gasteiger partial charge in [0.25, 0.3) is 5.56 Å². The van der Waals surface area contributed by atoms with Crippen molar-refractivity contribution in [1.82, 2.24) is 14.6 Å². The maximum Gasteiger partial charge on any atom is 0.257 e. The highest BCUT2D eigenvalue weighted by atomic mass is 16.5. The molecule has 31 heavy (non-hydrogen) atoms. The lowest BCUT2D eigenvalue weighted by Gasteiger charge is -2.29. The lowest BCUT2D eigenvalue weighted by Crippen LogP contribution is -2.51. The van der Waals surface area contributed by atoms with E-state index in [4.69, 9.17) is 9.52 Å². The molecule has 0 fully saturated rings. The van der Waals surface area contributed by atoms with Gasteiger partial charge in [-0.15, -0.1) is 0 Å². The highest BCUT2D eigenvalue weighted by molar-refractivity contribution is 5.36. The van der Waals surface area contributed by atoms with Crippen LogP contribution in [-0.2, 0) is 26.1 Å². The predicted molar refractivity (Wildman–Crippen MR) is 119 cm³/mol. The van der Waals surface area contributed by atoms with Crippen molar-refractivity contribution < 1.29 is 4.52 Å². The van der Waals surface area contributed by atoms with Crippen LogP contribution >= 0.6 is 0 Å². The van der Waals surface area contributed by atoms with Gasteiger partial charge in [0.1, 0.15) is 11.2 Å². The van der Waals surface area contributed by atoms with Crippen LogP contribution in [0.4, 0.5) is 0 Å². The summed E-state index contributed by atoms with van der Waals surface area (Å²) in [6, 6.07) is 10.2. The Balaban J connectivity index is 1.59. The number of hydrogen-bond acceptors (Lipinski definition) is 5. The third-order valence-corrected chi connectivity index (χ3v) is 6.47. The van der Waals surface area contributed by atoms with Gasteiger partial charge >= 0.3 is 0 Å². The van der Waals surface area contributed by atoms with Gasteiger partial charge < -0.3 is 4.52 Å². The molecule has 0 aliphatic carbocycles. The van der Waals surface area contributed by atoms with E-state index in [0.717, 1.165) is 72.5 Å². The highest BCUT2D eigenvalue weighted by Gasteiger charge is 2.25. The van der Waals surface area contributed by atoms with Gasteiger partial charge in [-0.1, -0.05) is 41.6 Å². The molecule has 2 aliphatic heterocycles. The molecule has 0 atom stereocenters. The van der Waals surface area contributed by atoms with Crippen LogP contribution < -0.4 is 16.3 Å². The van der Waals surface area contributed by atoms with E-state index in [1.165, 1.54) is 10.8 Å². The summed E-state index contributed by atoms with van der Waals surface area (Å²) in [5.74, 6) is 0.860. The molecule has 2 aliphatic rings. The number of hydrogen-bond donors (Lipinski definition) is 0. The Hall–Kier alpha value is -2.99. The number of rotatable bonds is 4. The van der Waals surface area contributed by atoms with Gasteiger partial charge in [0.05, 0.1) is 12.2 Å². The van der Waals surface area contributed by atoms with Crippen LogP contribution in [0.25, 0.3) is 6.08 Å². The molecule has 0 amide bonds. The fourth-order valence-corrected chi connectivity index (χ4v) is 4.76. The molecule has 0 radical (unpaired) electrons. The van der Waals surface area contributed by atoms with Crippen LogP contribution in [0.3, 0.4) is 0 Å². The zero-order valence-corrected chi connectivity index (χ0v) is 18.2. The van der Waals surface area contributed by atoms with E-state index in [-0.39, 0.29) is 5.56 Å². The molecule has 0 saturated heterocycles. The molecular weight excluding hydrogens is 388 g/mol. The van der Waals surface area contributed by atoms with Crippen molar-refractivity contribution in [3.05, 3.63) is 85.1 Å². The van der Waals surface area contributed by atoms with E-state index >= 15 is 0 Å². The van der Waals surface area contributed by atoms with Crippen LogP contribution in [0, 0.1) is 13.8 Å². The number of aromatic nitrogens is 2. The summed E-state index contributed by atoms with van der Waals surface area (Å²) < 4.78 is 7.24. The van der Waals surface area contributed by atoms with E-state index in [2.05, 4.69) is 28.3 Å². The van der Waals surface area contributed by atoms with E-state index in [9.17, 15) is 4.79 Å². The molecule has 0 saturated carbocycles. The van der Waals surface area contributed by atoms with Crippen LogP contribution in [0.15, 0.2) is 44.6 Å². The number of pyridine rings is 1. The summed E-state index contributed by atoms with van der Waals surface area (Å²) in [5, 5.41) is 5.27. The average molecular weight is 417 g/mol. The molecule has 6 heteroatoms. The van der Waals surface area contributed by atoms with Crippen molar-refractivity contribution in [3.63, 3.8) is 0 Å². The zero-order valence-electron chi connectivity index (χ0n) is 18.2. The van der Waals surface area contributed by atoms with Crippen LogP contribution in [0.1, 0.15) is 46.5 Å². The molecule has 6 nitrogen and oxygen atoms in total. The lowest BCUT2D eigenvalue weighted by atomic mass is 9.97. The summed E-state index contributed by atoms with van der Waals surface area (Å²) in [6.07, 6.45) is 5.21. The van der Waals surface area contributed by atoms with Crippen molar-refractivity contribution in [2.24, 2.45) is 4.99 Å². The molecular formula is C25H28N4O2. The van der Waals surface area contributed by atoms with Gasteiger partial charge in [-0.05, 0) is 44.2 Å². The minimum Gasteiger partial charge on any atom is -0.361 e. The summed E-state index contributed by atoms with van der Waals surface area (Å²) >= 11 is 0. The summed E-state index contributed by atoms with van der Waals surface area (Å²) in [5.41, 5.74) is 6.26. The monoisotopic (exact) mass is 416 g/mol. The average Bonchev–Trinajstić information content (AvgIpc) is 2.97. The fourth-order valence-electron chi connectivity index (χ4n) is 4.76. The molecule has 5 rings (SSSR count). The second-order valence-corrected chi connectivity index (χ2v) is 8.56. The highest BCUT2D eigenvalue weighted by Crippen LogP contribution is 2.20. The van der Waals surface area contributed by atoms with Crippen molar-refractivity contribution in [3.8, 4) is 0 Å². The Morgan fingerprint density at radius 3 is 2.71 bits per heavy atom. The zero-order chi connectivity index (χ0) is 21.4. The van der Waals surface area contributed by atoms with Gasteiger partial charge in [0.2, 0.25) is 0 Å². The maximum absolute atomic E-state index is 13.7. The summed E-state index contributed by atoms with van der Waals surface area (Å²) in [7, 11) is 0. The second-order valence-electron chi connectivity index (χ2n) is 8.56. The first-order valence-electron chi connectivity index (χ1n) is 11.1. The van der Waals surface area contributed by atoms with Crippen molar-refractivity contribution in [2.75, 3.05) is 13.1 Å². The van der Waals surface area contributed by atoms with Crippen molar-refractivity contribution in [2.45, 2.75) is 52.7 Å². The Labute approximate surface area is 181 Å². The van der Waals surface area contributed by atoms with E-state index < -0.39 is 0 Å². The molecule has 0 bridgehead atoms. The molecule has 1 aromatic carbocycles. The SMILES string of the molecule is Cc1noc(C)c1CN1CCc2c(c(=O)n(Cc3ccccc3)c3c2=CCCCN=3)C1. The Bertz CT molecular complexity index is 1270. The predicted octanol–water partition coefficient (Wildman–Crippen LogP) is 2.25. The third-order valence-electron chi connectivity index (χ3n) is 6.47. The van der Waals surface area contributed by atoms with Gasteiger partial charge in [0.15, 0.2) is 0 Å². The first kappa shape index (κ1) is 19.9. The summed E-state index contributed by atoms with van der Waals surface area (Å²) in [6.45, 7) is 7.58. The third kappa shape index (κ3) is 3.76. The van der Waals surface area contributed by atoms with Crippen molar-refractivity contribution in [1.29, 1.82) is 0 Å². The van der Waals surface area contributed by atoms with Crippen LogP contribution in [0.5, 0.6) is 0 Å². The summed E-state index contributed by atoms with van der Waals surface area (Å²) in [4.78, 5) is 20.9. The van der Waals surface area contributed by atoms with E-state index in [1.54, 1.807) is 0 Å². The molecule has 0 spiro atoms. The quantitative estimate of drug-likeness (QED) is 0.655. The molecule has 4 heterocycles. The smallest absolute Gasteiger partial charge is 0.257 e. The molecule has 2 aromatic heterocycles. The molecule has 0 unspecified atom stereocenters.